The molecule has 2 aliphatic rings. The van der Waals surface area contributed by atoms with Crippen LogP contribution in [0.25, 0.3) is 0 Å². The monoisotopic (exact) mass is 456 g/mol. The van der Waals surface area contributed by atoms with E-state index in [9.17, 15) is 35.7 Å². The van der Waals surface area contributed by atoms with Crippen LogP contribution in [0.4, 0.5) is 0 Å². The van der Waals surface area contributed by atoms with Crippen molar-refractivity contribution in [1.29, 1.82) is 0 Å². The number of ether oxygens (including phenoxy) is 3. The molecule has 7 N–H and O–H groups in total. The zero-order valence-electron chi connectivity index (χ0n) is 18.0. The number of aliphatic hydroxyl groups is 7. The molecule has 0 aliphatic carbocycles. The lowest BCUT2D eigenvalue weighted by molar-refractivity contribution is -0.353. The van der Waals surface area contributed by atoms with E-state index in [4.69, 9.17) is 18.6 Å². The maximum atomic E-state index is 10.6. The second-order valence-electron chi connectivity index (χ2n) is 9.38. The molecule has 0 radical (unpaired) electrons. The molecule has 2 saturated heterocycles. The predicted molar refractivity (Wildman–Crippen MR) is 105 cm³/mol. The van der Waals surface area contributed by atoms with Crippen LogP contribution >= 0.6 is 0 Å². The average Bonchev–Trinajstić information content (AvgIpc) is 2.66. The van der Waals surface area contributed by atoms with E-state index in [1.54, 1.807) is 0 Å². The number of aliphatic hydroxyl groups excluding tert-OH is 7. The maximum Gasteiger partial charge on any atom is 0.195 e. The molecule has 12 heteroatoms. The SMILES string of the molecule is CC(C)(C)[Si](C)(C)OC1O[C@H](CO)[C@@H](O[C@@H]2O[C@H](CO)[C@H](O)[C@H](O)[C@H]2O)[C@H](O)[C@H]1O. The Morgan fingerprint density at radius 3 is 1.73 bits per heavy atom. The van der Waals surface area contributed by atoms with Gasteiger partial charge in [0.2, 0.25) is 0 Å². The third-order valence-corrected chi connectivity index (χ3v) is 10.6. The summed E-state index contributed by atoms with van der Waals surface area (Å²) in [5, 5.41) is 70.0. The second-order valence-corrected chi connectivity index (χ2v) is 14.1. The lowest BCUT2D eigenvalue weighted by atomic mass is 9.97. The number of rotatable bonds is 6. The van der Waals surface area contributed by atoms with E-state index >= 15 is 0 Å². The van der Waals surface area contributed by atoms with Gasteiger partial charge in [-0.3, -0.25) is 0 Å². The summed E-state index contributed by atoms with van der Waals surface area (Å²) >= 11 is 0. The predicted octanol–water partition coefficient (Wildman–Crippen LogP) is -2.37. The minimum atomic E-state index is -2.38. The van der Waals surface area contributed by atoms with Crippen molar-refractivity contribution in [2.75, 3.05) is 13.2 Å². The highest BCUT2D eigenvalue weighted by atomic mass is 28.4. The van der Waals surface area contributed by atoms with E-state index in [0.717, 1.165) is 0 Å². The van der Waals surface area contributed by atoms with Crippen LogP contribution in [0.5, 0.6) is 0 Å². The van der Waals surface area contributed by atoms with Crippen molar-refractivity contribution < 1.29 is 54.4 Å². The zero-order valence-corrected chi connectivity index (χ0v) is 19.0. The van der Waals surface area contributed by atoms with Crippen molar-refractivity contribution in [2.24, 2.45) is 0 Å². The fourth-order valence-corrected chi connectivity index (χ4v) is 4.25. The Labute approximate surface area is 176 Å². The van der Waals surface area contributed by atoms with Gasteiger partial charge in [0.25, 0.3) is 0 Å². The summed E-state index contributed by atoms with van der Waals surface area (Å²) in [6, 6.07) is 0. The summed E-state index contributed by atoms with van der Waals surface area (Å²) < 4.78 is 22.5. The van der Waals surface area contributed by atoms with Crippen LogP contribution in [-0.2, 0) is 18.6 Å². The first-order chi connectivity index (χ1) is 13.7. The highest BCUT2D eigenvalue weighted by Crippen LogP contribution is 2.39. The smallest absolute Gasteiger partial charge is 0.195 e. The molecular weight excluding hydrogens is 420 g/mol. The molecule has 0 saturated carbocycles. The lowest BCUT2D eigenvalue weighted by Gasteiger charge is -2.48. The molecule has 0 aromatic rings. The van der Waals surface area contributed by atoms with Gasteiger partial charge in [-0.2, -0.15) is 0 Å². The number of hydrogen-bond acceptors (Lipinski definition) is 11. The average molecular weight is 457 g/mol. The first kappa shape index (κ1) is 26.0. The Kier molecular flexibility index (Phi) is 8.44. The molecule has 30 heavy (non-hydrogen) atoms. The second kappa shape index (κ2) is 9.73. The van der Waals surface area contributed by atoms with Gasteiger partial charge in [0.05, 0.1) is 13.2 Å². The summed E-state index contributed by atoms with van der Waals surface area (Å²) in [5.74, 6) is 0. The highest BCUT2D eigenvalue weighted by molar-refractivity contribution is 6.74. The minimum Gasteiger partial charge on any atom is -0.394 e. The van der Waals surface area contributed by atoms with Crippen LogP contribution < -0.4 is 0 Å². The van der Waals surface area contributed by atoms with E-state index in [1.807, 2.05) is 33.9 Å². The van der Waals surface area contributed by atoms with Gasteiger partial charge in [-0.25, -0.2) is 0 Å². The quantitative estimate of drug-likeness (QED) is 0.212. The van der Waals surface area contributed by atoms with Gasteiger partial charge in [0.1, 0.15) is 48.8 Å². The van der Waals surface area contributed by atoms with Crippen molar-refractivity contribution in [1.82, 2.24) is 0 Å². The zero-order chi connectivity index (χ0) is 23.0. The van der Waals surface area contributed by atoms with Gasteiger partial charge < -0.3 is 54.4 Å². The largest absolute Gasteiger partial charge is 0.394 e. The van der Waals surface area contributed by atoms with E-state index < -0.39 is 82.9 Å². The first-order valence-corrected chi connectivity index (χ1v) is 12.9. The topological polar surface area (TPSA) is 179 Å². The molecule has 2 heterocycles. The van der Waals surface area contributed by atoms with Gasteiger partial charge in [-0.1, -0.05) is 20.8 Å². The van der Waals surface area contributed by atoms with E-state index in [-0.39, 0.29) is 5.04 Å². The molecule has 11 nitrogen and oxygen atoms in total. The van der Waals surface area contributed by atoms with Crippen LogP contribution in [0, 0.1) is 0 Å². The van der Waals surface area contributed by atoms with Crippen molar-refractivity contribution in [3.8, 4) is 0 Å². The molecule has 0 spiro atoms. The Morgan fingerprint density at radius 1 is 0.733 bits per heavy atom. The molecule has 1 unspecified atom stereocenters. The van der Waals surface area contributed by atoms with Crippen molar-refractivity contribution >= 4 is 8.32 Å². The van der Waals surface area contributed by atoms with Crippen LogP contribution in [0.15, 0.2) is 0 Å². The Balaban J connectivity index is 2.15. The van der Waals surface area contributed by atoms with Gasteiger partial charge >= 0.3 is 0 Å². The highest BCUT2D eigenvalue weighted by Gasteiger charge is 2.52. The third-order valence-electron chi connectivity index (χ3n) is 6.18. The van der Waals surface area contributed by atoms with Crippen LogP contribution in [0.2, 0.25) is 18.1 Å². The fourth-order valence-electron chi connectivity index (χ4n) is 3.12. The standard InChI is InChI=1S/C18H36O11Si/c1-18(2,3)30(4,5)29-17-14(25)12(23)15(9(7-20)27-17)28-16-13(24)11(22)10(21)8(6-19)26-16/h8-17,19-25H,6-7H2,1-5H3/t8-,9-,10+,11+,12-,13-,14-,15-,16+,17?/m1/s1. The van der Waals surface area contributed by atoms with E-state index in [2.05, 4.69) is 0 Å². The molecule has 10 atom stereocenters. The van der Waals surface area contributed by atoms with Gasteiger partial charge in [-0.05, 0) is 18.1 Å². The molecule has 178 valence electrons. The minimum absolute atomic E-state index is 0.195. The lowest BCUT2D eigenvalue weighted by Crippen LogP contribution is -2.65. The molecule has 0 bridgehead atoms. The molecular formula is C18H36O11Si. The fraction of sp³-hybridized carbons (Fsp3) is 1.00. The van der Waals surface area contributed by atoms with E-state index in [1.165, 1.54) is 0 Å². The van der Waals surface area contributed by atoms with Crippen LogP contribution in [0.1, 0.15) is 20.8 Å². The summed E-state index contributed by atoms with van der Waals surface area (Å²) in [5.41, 5.74) is 0. The molecule has 0 aromatic carbocycles. The Hall–Kier alpha value is -0.223. The van der Waals surface area contributed by atoms with Gasteiger partial charge in [-0.15, -0.1) is 0 Å². The van der Waals surface area contributed by atoms with Crippen molar-refractivity contribution in [3.05, 3.63) is 0 Å². The molecule has 0 aromatic heterocycles. The van der Waals surface area contributed by atoms with E-state index in [0.29, 0.717) is 0 Å². The maximum absolute atomic E-state index is 10.6. The van der Waals surface area contributed by atoms with Gasteiger partial charge in [0.15, 0.2) is 20.9 Å². The number of hydrogen-bond donors (Lipinski definition) is 7. The molecule has 0 amide bonds. The summed E-state index contributed by atoms with van der Waals surface area (Å²) in [7, 11) is -2.38. The van der Waals surface area contributed by atoms with Gasteiger partial charge in [0, 0.05) is 0 Å². The summed E-state index contributed by atoms with van der Waals surface area (Å²) in [6.07, 6.45) is -14.5. The first-order valence-electron chi connectivity index (χ1n) is 10.0. The summed E-state index contributed by atoms with van der Waals surface area (Å²) in [4.78, 5) is 0. The molecule has 2 fully saturated rings. The molecule has 2 aliphatic heterocycles. The molecule has 2 rings (SSSR count). The van der Waals surface area contributed by atoms with Crippen LogP contribution in [0.3, 0.4) is 0 Å². The third kappa shape index (κ3) is 5.22. The van der Waals surface area contributed by atoms with Crippen LogP contribution in [-0.4, -0.2) is 119 Å². The Bertz CT molecular complexity index is 553. The summed E-state index contributed by atoms with van der Waals surface area (Å²) in [6.45, 7) is 8.64. The Morgan fingerprint density at radius 2 is 1.23 bits per heavy atom. The normalized spacial score (nSPS) is 43.6. The van der Waals surface area contributed by atoms with Crippen molar-refractivity contribution in [3.63, 3.8) is 0 Å². The van der Waals surface area contributed by atoms with Crippen molar-refractivity contribution in [2.45, 2.75) is 100 Å².